The van der Waals surface area contributed by atoms with Gasteiger partial charge in [-0.2, -0.15) is 5.10 Å². The number of nitrogens with one attached hydrogen (secondary N) is 2. The highest BCUT2D eigenvalue weighted by Crippen LogP contribution is 2.17. The van der Waals surface area contributed by atoms with Gasteiger partial charge in [0.15, 0.2) is 11.8 Å². The Morgan fingerprint density at radius 2 is 2.23 bits per heavy atom. The van der Waals surface area contributed by atoms with Crippen LogP contribution >= 0.6 is 11.3 Å². The van der Waals surface area contributed by atoms with E-state index in [1.165, 1.54) is 5.01 Å². The lowest BCUT2D eigenvalue weighted by Gasteiger charge is -2.25. The Hall–Kier alpha value is -1.96. The number of fused-ring (bicyclic) bond motifs is 1. The number of rotatable bonds is 6. The lowest BCUT2D eigenvalue weighted by Crippen LogP contribution is -2.47. The van der Waals surface area contributed by atoms with Crippen LogP contribution in [-0.4, -0.2) is 38.3 Å². The Balaban J connectivity index is 1.63. The average molecular weight is 376 g/mol. The van der Waals surface area contributed by atoms with Gasteiger partial charge in [-0.05, 0) is 19.8 Å². The number of thiazole rings is 1. The predicted octanol–water partition coefficient (Wildman–Crippen LogP) is 2.49. The molecule has 0 fully saturated rings. The second-order valence-electron chi connectivity index (χ2n) is 6.88. The molecule has 0 saturated carbocycles. The molecule has 0 amide bonds. The molecule has 1 unspecified atom stereocenters. The lowest BCUT2D eigenvalue weighted by molar-refractivity contribution is 0.391. The van der Waals surface area contributed by atoms with E-state index in [4.69, 9.17) is 4.99 Å². The van der Waals surface area contributed by atoms with Gasteiger partial charge in [-0.3, -0.25) is 0 Å². The van der Waals surface area contributed by atoms with Gasteiger partial charge in [0.25, 0.3) is 0 Å². The molecule has 26 heavy (non-hydrogen) atoms. The van der Waals surface area contributed by atoms with Crippen LogP contribution in [0.5, 0.6) is 0 Å². The smallest absolute Gasteiger partial charge is 0.191 e. The number of aliphatic imine (C=N–C) groups is 1. The van der Waals surface area contributed by atoms with E-state index in [-0.39, 0.29) is 0 Å². The van der Waals surface area contributed by atoms with Gasteiger partial charge in [0.2, 0.25) is 0 Å². The summed E-state index contributed by atoms with van der Waals surface area (Å²) in [6.07, 6.45) is 2.97. The number of hydrogen-bond donors (Lipinski definition) is 2. The van der Waals surface area contributed by atoms with Crippen LogP contribution < -0.4 is 10.6 Å². The van der Waals surface area contributed by atoms with Crippen LogP contribution in [0.1, 0.15) is 62.4 Å². The van der Waals surface area contributed by atoms with Crippen molar-refractivity contribution in [3.63, 3.8) is 0 Å². The first-order valence-corrected chi connectivity index (χ1v) is 10.4. The van der Waals surface area contributed by atoms with Crippen LogP contribution in [-0.2, 0) is 25.9 Å². The van der Waals surface area contributed by atoms with Gasteiger partial charge in [-0.1, -0.05) is 20.8 Å². The maximum atomic E-state index is 4.71. The fraction of sp³-hybridized carbons (Fsp3) is 0.667. The van der Waals surface area contributed by atoms with Gasteiger partial charge in [0.05, 0.1) is 23.8 Å². The van der Waals surface area contributed by atoms with Crippen LogP contribution in [0.25, 0.3) is 0 Å². The Morgan fingerprint density at radius 1 is 1.38 bits per heavy atom. The minimum atomic E-state index is 0.309. The maximum absolute atomic E-state index is 4.71. The highest BCUT2D eigenvalue weighted by Gasteiger charge is 2.23. The summed E-state index contributed by atoms with van der Waals surface area (Å²) < 4.78 is 2.05. The zero-order valence-corrected chi connectivity index (χ0v) is 16.9. The van der Waals surface area contributed by atoms with E-state index in [9.17, 15) is 0 Å². The second kappa shape index (κ2) is 8.62. The van der Waals surface area contributed by atoms with Crippen molar-refractivity contribution in [2.75, 3.05) is 6.54 Å². The number of nitrogens with zero attached hydrogens (tertiary/aromatic N) is 5. The molecule has 2 aromatic rings. The summed E-state index contributed by atoms with van der Waals surface area (Å²) in [5.41, 5.74) is 1.04. The molecule has 142 valence electrons. The van der Waals surface area contributed by atoms with E-state index in [2.05, 4.69) is 58.8 Å². The topological polar surface area (TPSA) is 80.0 Å². The number of hydrogen-bond acceptors (Lipinski definition) is 5. The minimum absolute atomic E-state index is 0.309. The molecule has 0 aromatic carbocycles. The van der Waals surface area contributed by atoms with Gasteiger partial charge >= 0.3 is 0 Å². The second-order valence-corrected chi connectivity index (χ2v) is 7.83. The van der Waals surface area contributed by atoms with E-state index in [1.807, 2.05) is 4.68 Å². The third-order valence-electron chi connectivity index (χ3n) is 4.38. The zero-order valence-electron chi connectivity index (χ0n) is 16.1. The van der Waals surface area contributed by atoms with E-state index >= 15 is 0 Å². The van der Waals surface area contributed by atoms with Gasteiger partial charge in [-0.25, -0.2) is 19.6 Å². The molecule has 3 rings (SSSR count). The number of guanidine groups is 1. The normalized spacial score (nSPS) is 17.4. The van der Waals surface area contributed by atoms with Crippen molar-refractivity contribution < 1.29 is 0 Å². The molecule has 1 aliphatic heterocycles. The van der Waals surface area contributed by atoms with Crippen LogP contribution in [0.3, 0.4) is 0 Å². The number of aromatic nitrogens is 4. The molecule has 0 aliphatic carbocycles. The molecule has 0 saturated heterocycles. The van der Waals surface area contributed by atoms with E-state index in [0.717, 1.165) is 55.7 Å². The van der Waals surface area contributed by atoms with Crippen molar-refractivity contribution in [3.8, 4) is 0 Å². The van der Waals surface area contributed by atoms with Crippen molar-refractivity contribution >= 4 is 17.3 Å². The van der Waals surface area contributed by atoms with Crippen LogP contribution in [0.15, 0.2) is 10.4 Å². The van der Waals surface area contributed by atoms with Crippen molar-refractivity contribution in [3.05, 3.63) is 27.7 Å². The minimum Gasteiger partial charge on any atom is -0.357 e. The molecule has 1 aliphatic rings. The molecule has 0 radical (unpaired) electrons. The molecule has 1 atom stereocenters. The van der Waals surface area contributed by atoms with Gasteiger partial charge in [-0.15, -0.1) is 11.3 Å². The summed E-state index contributed by atoms with van der Waals surface area (Å²) in [4.78, 5) is 14.0. The standard InChI is InChI=1S/C18H29N7S/c1-5-16-21-14(11-26-16)9-20-18(19-6-2)22-13-7-8-15-23-17(12(3)4)24-25(15)10-13/h11-13H,5-10H2,1-4H3,(H2,19,20,22). The molecule has 0 bridgehead atoms. The highest BCUT2D eigenvalue weighted by molar-refractivity contribution is 7.09. The summed E-state index contributed by atoms with van der Waals surface area (Å²) in [6.45, 7) is 10.7. The van der Waals surface area contributed by atoms with Crippen molar-refractivity contribution in [2.45, 2.75) is 72.0 Å². The number of aryl methyl sites for hydroxylation is 2. The first-order valence-electron chi connectivity index (χ1n) is 9.50. The monoisotopic (exact) mass is 375 g/mol. The molecule has 3 heterocycles. The Labute approximate surface area is 159 Å². The predicted molar refractivity (Wildman–Crippen MR) is 106 cm³/mol. The van der Waals surface area contributed by atoms with Crippen LogP contribution in [0.2, 0.25) is 0 Å². The van der Waals surface area contributed by atoms with Crippen molar-refractivity contribution in [2.24, 2.45) is 4.99 Å². The van der Waals surface area contributed by atoms with Crippen molar-refractivity contribution in [1.82, 2.24) is 30.4 Å². The van der Waals surface area contributed by atoms with E-state index in [1.54, 1.807) is 11.3 Å². The largest absolute Gasteiger partial charge is 0.357 e. The average Bonchev–Trinajstić information content (AvgIpc) is 3.26. The Bertz CT molecular complexity index is 747. The highest BCUT2D eigenvalue weighted by atomic mass is 32.1. The molecule has 7 nitrogen and oxygen atoms in total. The molecular weight excluding hydrogens is 346 g/mol. The molecule has 8 heteroatoms. The summed E-state index contributed by atoms with van der Waals surface area (Å²) in [5, 5.41) is 14.8. The molecular formula is C18H29N7S. The summed E-state index contributed by atoms with van der Waals surface area (Å²) in [6, 6.07) is 0.309. The Kier molecular flexibility index (Phi) is 6.24. The summed E-state index contributed by atoms with van der Waals surface area (Å²) >= 11 is 1.71. The fourth-order valence-corrected chi connectivity index (χ4v) is 3.68. The van der Waals surface area contributed by atoms with E-state index < -0.39 is 0 Å². The fourth-order valence-electron chi connectivity index (χ4n) is 2.95. The molecule has 0 spiro atoms. The summed E-state index contributed by atoms with van der Waals surface area (Å²) in [7, 11) is 0. The van der Waals surface area contributed by atoms with Crippen LogP contribution in [0, 0.1) is 0 Å². The SMILES string of the molecule is CCNC(=NCc1csc(CC)n1)NC1CCc2nc(C(C)C)nn2C1. The van der Waals surface area contributed by atoms with Gasteiger partial charge in [0, 0.05) is 30.3 Å². The molecule has 2 aromatic heterocycles. The van der Waals surface area contributed by atoms with E-state index in [0.29, 0.717) is 18.5 Å². The lowest BCUT2D eigenvalue weighted by atomic mass is 10.1. The van der Waals surface area contributed by atoms with Crippen LogP contribution in [0.4, 0.5) is 0 Å². The quantitative estimate of drug-likeness (QED) is 0.599. The van der Waals surface area contributed by atoms with Gasteiger partial charge in [0.1, 0.15) is 5.82 Å². The first-order chi connectivity index (χ1) is 12.6. The van der Waals surface area contributed by atoms with Crippen molar-refractivity contribution in [1.29, 1.82) is 0 Å². The zero-order chi connectivity index (χ0) is 18.5. The third-order valence-corrected chi connectivity index (χ3v) is 5.42. The third kappa shape index (κ3) is 4.60. The first kappa shape index (κ1) is 18.8. The Morgan fingerprint density at radius 3 is 2.92 bits per heavy atom. The maximum Gasteiger partial charge on any atom is 0.191 e. The van der Waals surface area contributed by atoms with Gasteiger partial charge < -0.3 is 10.6 Å². The summed E-state index contributed by atoms with van der Waals surface area (Å²) in [5.74, 6) is 3.25. The molecule has 2 N–H and O–H groups in total.